The fraction of sp³-hybridized carbons (Fsp3) is 0.353. The molecule has 6 nitrogen and oxygen atoms in total. The summed E-state index contributed by atoms with van der Waals surface area (Å²) in [5, 5.41) is 12.6. The number of methoxy groups -OCH3 is 1. The smallest absolute Gasteiger partial charge is 0.307 e. The number of aromatic nitrogens is 1. The normalized spacial score (nSPS) is 20.5. The lowest BCUT2D eigenvalue weighted by molar-refractivity contribution is -0.146. The average Bonchev–Trinajstić information content (AvgIpc) is 2.95. The van der Waals surface area contributed by atoms with E-state index in [-0.39, 0.29) is 5.91 Å². The largest absolute Gasteiger partial charge is 0.497 e. The van der Waals surface area contributed by atoms with E-state index in [1.807, 2.05) is 31.2 Å². The predicted octanol–water partition coefficient (Wildman–Crippen LogP) is 3.30. The molecule has 0 fully saturated rings. The van der Waals surface area contributed by atoms with Crippen LogP contribution in [0.4, 0.5) is 5.13 Å². The van der Waals surface area contributed by atoms with Gasteiger partial charge in [-0.05, 0) is 38.0 Å². The number of aliphatic carboxylic acids is 1. The first-order valence-corrected chi connectivity index (χ1v) is 8.43. The second-order valence-electron chi connectivity index (χ2n) is 5.88. The summed E-state index contributed by atoms with van der Waals surface area (Å²) in [6, 6.07) is 5.49. The molecule has 126 valence electrons. The molecule has 24 heavy (non-hydrogen) atoms. The lowest BCUT2D eigenvalue weighted by atomic mass is 9.79. The third kappa shape index (κ3) is 3.26. The monoisotopic (exact) mass is 346 g/mol. The Morgan fingerprint density at radius 2 is 2.17 bits per heavy atom. The highest BCUT2D eigenvalue weighted by Gasteiger charge is 2.35. The van der Waals surface area contributed by atoms with Crippen molar-refractivity contribution >= 4 is 38.6 Å². The number of benzene rings is 1. The van der Waals surface area contributed by atoms with Crippen LogP contribution in [0.15, 0.2) is 29.8 Å². The number of carboxylic acids is 1. The summed E-state index contributed by atoms with van der Waals surface area (Å²) >= 11 is 1.34. The Morgan fingerprint density at radius 1 is 1.38 bits per heavy atom. The number of fused-ring (bicyclic) bond motifs is 1. The van der Waals surface area contributed by atoms with Crippen LogP contribution in [0.5, 0.6) is 5.75 Å². The minimum atomic E-state index is -0.934. The summed E-state index contributed by atoms with van der Waals surface area (Å²) < 4.78 is 6.08. The van der Waals surface area contributed by atoms with Crippen molar-refractivity contribution in [1.29, 1.82) is 0 Å². The van der Waals surface area contributed by atoms with E-state index >= 15 is 0 Å². The van der Waals surface area contributed by atoms with Crippen LogP contribution in [0.3, 0.4) is 0 Å². The molecule has 0 bridgehead atoms. The van der Waals surface area contributed by atoms with Crippen LogP contribution < -0.4 is 10.1 Å². The molecule has 1 heterocycles. The predicted molar refractivity (Wildman–Crippen MR) is 92.4 cm³/mol. The van der Waals surface area contributed by atoms with E-state index in [2.05, 4.69) is 10.3 Å². The Bertz CT molecular complexity index is 827. The van der Waals surface area contributed by atoms with Gasteiger partial charge in [0.1, 0.15) is 5.75 Å². The number of carbonyl (C=O) groups is 2. The quantitative estimate of drug-likeness (QED) is 0.829. The standard InChI is InChI=1S/C17H18N2O4S/c1-9-3-5-11(12(7-9)16(21)22)15(20)19-17-18-13-6-4-10(23-2)8-14(13)24-17/h3-4,6,8,11-12H,5,7H2,1-2H3,(H,21,22)(H,18,19,20)/t11-,12-/m0/s1. The number of rotatable bonds is 4. The number of amides is 1. The van der Waals surface area contributed by atoms with Gasteiger partial charge in [-0.3, -0.25) is 9.59 Å². The molecule has 2 N–H and O–H groups in total. The van der Waals surface area contributed by atoms with Gasteiger partial charge >= 0.3 is 5.97 Å². The van der Waals surface area contributed by atoms with Gasteiger partial charge < -0.3 is 15.2 Å². The summed E-state index contributed by atoms with van der Waals surface area (Å²) in [5.74, 6) is -1.77. The van der Waals surface area contributed by atoms with Crippen molar-refractivity contribution in [2.24, 2.45) is 11.8 Å². The molecule has 0 saturated heterocycles. The molecule has 0 spiro atoms. The summed E-state index contributed by atoms with van der Waals surface area (Å²) in [6.07, 6.45) is 2.78. The van der Waals surface area contributed by atoms with Crippen LogP contribution in [0.1, 0.15) is 19.8 Å². The Labute approximate surface area is 143 Å². The van der Waals surface area contributed by atoms with Crippen LogP contribution in [-0.4, -0.2) is 29.1 Å². The maximum absolute atomic E-state index is 12.5. The third-order valence-corrected chi connectivity index (χ3v) is 5.16. The molecular weight excluding hydrogens is 328 g/mol. The van der Waals surface area contributed by atoms with E-state index in [0.29, 0.717) is 18.0 Å². The average molecular weight is 346 g/mol. The van der Waals surface area contributed by atoms with Gasteiger partial charge in [0.25, 0.3) is 0 Å². The Hall–Kier alpha value is -2.41. The zero-order valence-corrected chi connectivity index (χ0v) is 14.2. The van der Waals surface area contributed by atoms with E-state index in [1.165, 1.54) is 11.3 Å². The van der Waals surface area contributed by atoms with Gasteiger partial charge in [-0.1, -0.05) is 23.0 Å². The number of allylic oxidation sites excluding steroid dienone is 2. The van der Waals surface area contributed by atoms with Crippen molar-refractivity contribution < 1.29 is 19.4 Å². The molecule has 3 rings (SSSR count). The van der Waals surface area contributed by atoms with Gasteiger partial charge in [0.05, 0.1) is 29.2 Å². The van der Waals surface area contributed by atoms with Crippen molar-refractivity contribution in [2.45, 2.75) is 19.8 Å². The van der Waals surface area contributed by atoms with Gasteiger partial charge in [0.2, 0.25) is 5.91 Å². The molecule has 1 amide bonds. The zero-order chi connectivity index (χ0) is 17.3. The van der Waals surface area contributed by atoms with Crippen LogP contribution in [0, 0.1) is 11.8 Å². The maximum Gasteiger partial charge on any atom is 0.307 e. The number of carbonyl (C=O) groups excluding carboxylic acids is 1. The maximum atomic E-state index is 12.5. The van der Waals surface area contributed by atoms with Crippen molar-refractivity contribution in [3.05, 3.63) is 29.8 Å². The SMILES string of the molecule is COc1ccc2nc(NC(=O)[C@H]3CC=C(C)C[C@@H]3C(=O)O)sc2c1. The summed E-state index contributed by atoms with van der Waals surface area (Å²) in [6.45, 7) is 1.89. The summed E-state index contributed by atoms with van der Waals surface area (Å²) in [4.78, 5) is 28.3. The number of hydrogen-bond donors (Lipinski definition) is 2. The summed E-state index contributed by atoms with van der Waals surface area (Å²) in [7, 11) is 1.59. The van der Waals surface area contributed by atoms with Crippen molar-refractivity contribution in [3.8, 4) is 5.75 Å². The number of carboxylic acid groups (broad SMARTS) is 1. The molecule has 0 unspecified atom stereocenters. The fourth-order valence-electron chi connectivity index (χ4n) is 2.90. The van der Waals surface area contributed by atoms with Crippen LogP contribution in [0.2, 0.25) is 0 Å². The zero-order valence-electron chi connectivity index (χ0n) is 13.4. The summed E-state index contributed by atoms with van der Waals surface area (Å²) in [5.41, 5.74) is 1.78. The number of nitrogens with zero attached hydrogens (tertiary/aromatic N) is 1. The van der Waals surface area contributed by atoms with Crippen molar-refractivity contribution in [2.75, 3.05) is 12.4 Å². The lowest BCUT2D eigenvalue weighted by Crippen LogP contribution is -2.35. The Balaban J connectivity index is 1.80. The van der Waals surface area contributed by atoms with E-state index in [1.54, 1.807) is 7.11 Å². The van der Waals surface area contributed by atoms with Crippen LogP contribution >= 0.6 is 11.3 Å². The molecule has 1 aromatic heterocycles. The molecule has 2 aromatic rings. The molecule has 0 radical (unpaired) electrons. The number of anilines is 1. The van der Waals surface area contributed by atoms with E-state index in [4.69, 9.17) is 4.74 Å². The first-order chi connectivity index (χ1) is 11.5. The second-order valence-corrected chi connectivity index (χ2v) is 6.91. The van der Waals surface area contributed by atoms with Gasteiger partial charge in [0, 0.05) is 0 Å². The Morgan fingerprint density at radius 3 is 2.88 bits per heavy atom. The molecule has 7 heteroatoms. The molecule has 0 aliphatic heterocycles. The van der Waals surface area contributed by atoms with Crippen molar-refractivity contribution in [3.63, 3.8) is 0 Å². The minimum absolute atomic E-state index is 0.294. The fourth-order valence-corrected chi connectivity index (χ4v) is 3.79. The molecule has 0 saturated carbocycles. The number of ether oxygens (including phenoxy) is 1. The number of nitrogens with one attached hydrogen (secondary N) is 1. The van der Waals surface area contributed by atoms with Crippen LogP contribution in [-0.2, 0) is 9.59 Å². The minimum Gasteiger partial charge on any atom is -0.497 e. The molecule has 1 aliphatic carbocycles. The van der Waals surface area contributed by atoms with E-state index in [0.717, 1.165) is 21.5 Å². The Kier molecular flexibility index (Phi) is 4.53. The highest BCUT2D eigenvalue weighted by Crippen LogP contribution is 2.33. The number of thiazole rings is 1. The highest BCUT2D eigenvalue weighted by atomic mass is 32.1. The lowest BCUT2D eigenvalue weighted by Gasteiger charge is -2.26. The molecule has 1 aliphatic rings. The highest BCUT2D eigenvalue weighted by molar-refractivity contribution is 7.22. The molecule has 1 aromatic carbocycles. The second kappa shape index (κ2) is 6.60. The van der Waals surface area contributed by atoms with Gasteiger partial charge in [-0.2, -0.15) is 0 Å². The van der Waals surface area contributed by atoms with Gasteiger partial charge in [-0.15, -0.1) is 0 Å². The number of hydrogen-bond acceptors (Lipinski definition) is 5. The first-order valence-electron chi connectivity index (χ1n) is 7.62. The van der Waals surface area contributed by atoms with Gasteiger partial charge in [-0.25, -0.2) is 4.98 Å². The van der Waals surface area contributed by atoms with E-state index in [9.17, 15) is 14.7 Å². The van der Waals surface area contributed by atoms with Crippen molar-refractivity contribution in [1.82, 2.24) is 4.98 Å². The first kappa shape index (κ1) is 16.4. The van der Waals surface area contributed by atoms with Gasteiger partial charge in [0.15, 0.2) is 5.13 Å². The molecule has 2 atom stereocenters. The molecular formula is C17H18N2O4S. The third-order valence-electron chi connectivity index (χ3n) is 4.23. The van der Waals surface area contributed by atoms with E-state index < -0.39 is 17.8 Å². The van der Waals surface area contributed by atoms with Crippen LogP contribution in [0.25, 0.3) is 10.2 Å². The topological polar surface area (TPSA) is 88.5 Å².